The van der Waals surface area contributed by atoms with Crippen molar-refractivity contribution in [2.45, 2.75) is 17.4 Å². The summed E-state index contributed by atoms with van der Waals surface area (Å²) in [6.45, 7) is 0.146. The van der Waals surface area contributed by atoms with Crippen LogP contribution in [0.1, 0.15) is 16.8 Å². The Morgan fingerprint density at radius 2 is 1.93 bits per heavy atom. The van der Waals surface area contributed by atoms with Gasteiger partial charge < -0.3 is 10.4 Å². The molecular formula is C17H15Cl2FN2O4S. The summed E-state index contributed by atoms with van der Waals surface area (Å²) < 4.78 is 39.9. The third-order valence-corrected chi connectivity index (χ3v) is 6.75. The summed E-state index contributed by atoms with van der Waals surface area (Å²) >= 11 is 11.7. The molecule has 0 spiro atoms. The van der Waals surface area contributed by atoms with Crippen molar-refractivity contribution >= 4 is 44.8 Å². The van der Waals surface area contributed by atoms with Crippen molar-refractivity contribution in [2.75, 3.05) is 18.4 Å². The minimum absolute atomic E-state index is 0.0246. The minimum Gasteiger partial charge on any atom is -0.392 e. The Hall–Kier alpha value is -1.71. The lowest BCUT2D eigenvalue weighted by Crippen LogP contribution is -2.30. The van der Waals surface area contributed by atoms with Crippen LogP contribution in [-0.2, 0) is 10.0 Å². The zero-order valence-corrected chi connectivity index (χ0v) is 16.2. The molecule has 1 unspecified atom stereocenters. The van der Waals surface area contributed by atoms with Crippen LogP contribution >= 0.6 is 23.2 Å². The zero-order valence-electron chi connectivity index (χ0n) is 13.8. The largest absolute Gasteiger partial charge is 0.392 e. The number of anilines is 1. The predicted octanol–water partition coefficient (Wildman–Crippen LogP) is 3.14. The molecule has 1 amide bonds. The SMILES string of the molecule is O=C(Nc1ccc(F)c(Cl)c1)c1ccc(Cl)c(S(=O)(=O)N2CCC(O)C2)c1. The van der Waals surface area contributed by atoms with Crippen LogP contribution in [0, 0.1) is 5.82 Å². The Balaban J connectivity index is 1.88. The van der Waals surface area contributed by atoms with Gasteiger partial charge in [0.25, 0.3) is 5.91 Å². The number of carbonyl (C=O) groups excluding carboxylic acids is 1. The Bertz CT molecular complexity index is 1000. The van der Waals surface area contributed by atoms with Gasteiger partial charge in [0.1, 0.15) is 10.7 Å². The number of rotatable bonds is 4. The van der Waals surface area contributed by atoms with Gasteiger partial charge in [0.05, 0.1) is 16.1 Å². The van der Waals surface area contributed by atoms with Gasteiger partial charge in [-0.2, -0.15) is 4.31 Å². The number of amides is 1. The van der Waals surface area contributed by atoms with Crippen LogP contribution in [0.2, 0.25) is 10.0 Å². The Labute approximate surface area is 165 Å². The first-order chi connectivity index (χ1) is 12.7. The van der Waals surface area contributed by atoms with E-state index >= 15 is 0 Å². The normalized spacial score (nSPS) is 17.9. The van der Waals surface area contributed by atoms with Gasteiger partial charge in [-0.1, -0.05) is 23.2 Å². The Morgan fingerprint density at radius 3 is 2.56 bits per heavy atom. The number of aliphatic hydroxyl groups is 1. The van der Waals surface area contributed by atoms with E-state index in [1.807, 2.05) is 0 Å². The number of β-amino-alcohol motifs (C(OH)–C–C–N with tert-alkyl or cyclic N) is 1. The maximum absolute atomic E-state index is 13.2. The lowest BCUT2D eigenvalue weighted by Gasteiger charge is -2.17. The van der Waals surface area contributed by atoms with E-state index in [0.717, 1.165) is 10.4 Å². The highest BCUT2D eigenvalue weighted by molar-refractivity contribution is 7.89. The van der Waals surface area contributed by atoms with E-state index in [0.29, 0.717) is 6.42 Å². The van der Waals surface area contributed by atoms with Gasteiger partial charge in [-0.3, -0.25) is 4.79 Å². The number of hydrogen-bond acceptors (Lipinski definition) is 4. The van der Waals surface area contributed by atoms with Crippen molar-refractivity contribution in [2.24, 2.45) is 0 Å². The minimum atomic E-state index is -3.95. The summed E-state index contributed by atoms with van der Waals surface area (Å²) in [6, 6.07) is 7.54. The molecule has 0 aliphatic carbocycles. The molecule has 2 N–H and O–H groups in total. The van der Waals surface area contributed by atoms with Crippen LogP contribution in [0.4, 0.5) is 10.1 Å². The predicted molar refractivity (Wildman–Crippen MR) is 100 cm³/mol. The maximum Gasteiger partial charge on any atom is 0.255 e. The molecule has 3 rings (SSSR count). The van der Waals surface area contributed by atoms with E-state index < -0.39 is 27.9 Å². The van der Waals surface area contributed by atoms with Gasteiger partial charge in [0, 0.05) is 24.3 Å². The van der Waals surface area contributed by atoms with Gasteiger partial charge in [-0.15, -0.1) is 0 Å². The van der Waals surface area contributed by atoms with E-state index in [2.05, 4.69) is 5.32 Å². The highest BCUT2D eigenvalue weighted by Crippen LogP contribution is 2.29. The molecule has 1 fully saturated rings. The number of nitrogens with zero attached hydrogens (tertiary/aromatic N) is 1. The molecule has 2 aromatic rings. The van der Waals surface area contributed by atoms with Crippen molar-refractivity contribution in [1.82, 2.24) is 4.31 Å². The maximum atomic E-state index is 13.2. The fraction of sp³-hybridized carbons (Fsp3) is 0.235. The lowest BCUT2D eigenvalue weighted by molar-refractivity contribution is 0.102. The van der Waals surface area contributed by atoms with E-state index in [1.54, 1.807) is 0 Å². The average Bonchev–Trinajstić information content (AvgIpc) is 3.05. The van der Waals surface area contributed by atoms with Crippen molar-refractivity contribution in [3.8, 4) is 0 Å². The first-order valence-electron chi connectivity index (χ1n) is 7.92. The van der Waals surface area contributed by atoms with E-state index in [9.17, 15) is 22.7 Å². The zero-order chi connectivity index (χ0) is 19.8. The third kappa shape index (κ3) is 4.25. The quantitative estimate of drug-likeness (QED) is 0.776. The molecule has 0 radical (unpaired) electrons. The number of sulfonamides is 1. The summed E-state index contributed by atoms with van der Waals surface area (Å²) in [4.78, 5) is 12.2. The second-order valence-electron chi connectivity index (χ2n) is 6.03. The third-order valence-electron chi connectivity index (χ3n) is 4.11. The van der Waals surface area contributed by atoms with Crippen LogP contribution in [0.5, 0.6) is 0 Å². The second-order valence-corrected chi connectivity index (χ2v) is 8.75. The van der Waals surface area contributed by atoms with E-state index in [4.69, 9.17) is 23.2 Å². The first kappa shape index (κ1) is 20.0. The molecule has 2 aromatic carbocycles. The van der Waals surface area contributed by atoms with E-state index in [1.165, 1.54) is 30.3 Å². The Kier molecular flexibility index (Phi) is 5.73. The molecule has 10 heteroatoms. The fourth-order valence-electron chi connectivity index (χ4n) is 2.69. The molecule has 1 atom stereocenters. The summed E-state index contributed by atoms with van der Waals surface area (Å²) in [6.07, 6.45) is -0.393. The molecule has 1 heterocycles. The standard InChI is InChI=1S/C17H15Cl2FN2O4S/c18-13-3-1-10(17(24)21-11-2-4-15(20)14(19)8-11)7-16(13)27(25,26)22-6-5-12(23)9-22/h1-4,7-8,12,23H,5-6,9H2,(H,21,24). The van der Waals surface area contributed by atoms with Crippen molar-refractivity contribution < 1.29 is 22.7 Å². The molecular weight excluding hydrogens is 418 g/mol. The van der Waals surface area contributed by atoms with Crippen LogP contribution in [-0.4, -0.2) is 42.9 Å². The number of aliphatic hydroxyl groups excluding tert-OH is 1. The lowest BCUT2D eigenvalue weighted by atomic mass is 10.2. The summed E-state index contributed by atoms with van der Waals surface area (Å²) in [7, 11) is -3.95. The van der Waals surface area contributed by atoms with Crippen LogP contribution in [0.3, 0.4) is 0 Å². The fourth-order valence-corrected chi connectivity index (χ4v) is 4.86. The number of hydrogen-bond donors (Lipinski definition) is 2. The van der Waals surface area contributed by atoms with Crippen LogP contribution < -0.4 is 5.32 Å². The molecule has 27 heavy (non-hydrogen) atoms. The summed E-state index contributed by atoms with van der Waals surface area (Å²) in [5.41, 5.74) is 0.312. The highest BCUT2D eigenvalue weighted by atomic mass is 35.5. The molecule has 0 bridgehead atoms. The van der Waals surface area contributed by atoms with Crippen molar-refractivity contribution in [1.29, 1.82) is 0 Å². The topological polar surface area (TPSA) is 86.7 Å². The molecule has 0 saturated carbocycles. The average molecular weight is 433 g/mol. The Morgan fingerprint density at radius 1 is 1.19 bits per heavy atom. The van der Waals surface area contributed by atoms with Crippen molar-refractivity contribution in [3.63, 3.8) is 0 Å². The number of carbonyl (C=O) groups is 1. The monoisotopic (exact) mass is 432 g/mol. The number of halogens is 3. The molecule has 1 aliphatic rings. The molecule has 1 saturated heterocycles. The first-order valence-corrected chi connectivity index (χ1v) is 10.1. The van der Waals surface area contributed by atoms with Crippen molar-refractivity contribution in [3.05, 3.63) is 57.8 Å². The van der Waals surface area contributed by atoms with Gasteiger partial charge in [0.15, 0.2) is 0 Å². The number of nitrogens with one attached hydrogen (secondary N) is 1. The molecule has 144 valence electrons. The number of benzene rings is 2. The second kappa shape index (κ2) is 7.73. The molecule has 0 aromatic heterocycles. The van der Waals surface area contributed by atoms with Crippen LogP contribution in [0.15, 0.2) is 41.3 Å². The smallest absolute Gasteiger partial charge is 0.255 e. The van der Waals surface area contributed by atoms with Gasteiger partial charge in [0.2, 0.25) is 10.0 Å². The molecule has 6 nitrogen and oxygen atoms in total. The molecule has 1 aliphatic heterocycles. The van der Waals surface area contributed by atoms with E-state index in [-0.39, 0.29) is 39.3 Å². The highest BCUT2D eigenvalue weighted by Gasteiger charge is 2.33. The van der Waals surface area contributed by atoms with Crippen LogP contribution in [0.25, 0.3) is 0 Å². The van der Waals surface area contributed by atoms with Gasteiger partial charge >= 0.3 is 0 Å². The summed E-state index contributed by atoms with van der Waals surface area (Å²) in [5.74, 6) is -1.23. The van der Waals surface area contributed by atoms with Gasteiger partial charge in [-0.05, 0) is 42.8 Å². The van der Waals surface area contributed by atoms with Gasteiger partial charge in [-0.25, -0.2) is 12.8 Å². The summed E-state index contributed by atoms with van der Waals surface area (Å²) in [5, 5.41) is 11.9.